The van der Waals surface area contributed by atoms with Crippen LogP contribution in [-0.2, 0) is 11.2 Å². The Hall–Kier alpha value is -2.18. The molecule has 1 aliphatic heterocycles. The summed E-state index contributed by atoms with van der Waals surface area (Å²) in [5.74, 6) is 1.60. The van der Waals surface area contributed by atoms with E-state index >= 15 is 0 Å². The first-order valence-electron chi connectivity index (χ1n) is 8.26. The van der Waals surface area contributed by atoms with Crippen molar-refractivity contribution in [3.8, 4) is 0 Å². The number of piperidine rings is 1. The van der Waals surface area contributed by atoms with Crippen LogP contribution in [0.5, 0.6) is 0 Å². The van der Waals surface area contributed by atoms with E-state index in [1.165, 1.54) is 0 Å². The maximum absolute atomic E-state index is 12.6. The van der Waals surface area contributed by atoms with Gasteiger partial charge in [-0.15, -0.1) is 0 Å². The minimum Gasteiger partial charge on any atom is -0.339 e. The fourth-order valence-corrected chi connectivity index (χ4v) is 2.97. The van der Waals surface area contributed by atoms with Crippen LogP contribution in [0.4, 0.5) is 0 Å². The summed E-state index contributed by atoms with van der Waals surface area (Å²) in [5, 5.41) is 10.9. The van der Waals surface area contributed by atoms with Crippen molar-refractivity contribution in [2.75, 3.05) is 6.54 Å². The highest BCUT2D eigenvalue weighted by Gasteiger charge is 2.28. The van der Waals surface area contributed by atoms with Crippen LogP contribution in [0.15, 0.2) is 16.8 Å². The van der Waals surface area contributed by atoms with Crippen LogP contribution in [0.3, 0.4) is 0 Å². The van der Waals surface area contributed by atoms with Gasteiger partial charge in [-0.05, 0) is 25.3 Å². The third kappa shape index (κ3) is 3.60. The second-order valence-corrected chi connectivity index (χ2v) is 6.31. The van der Waals surface area contributed by atoms with E-state index in [1.807, 2.05) is 24.8 Å². The molecule has 23 heavy (non-hydrogen) atoms. The molecule has 124 valence electrons. The molecule has 1 atom stereocenters. The molecule has 0 spiro atoms. The van der Waals surface area contributed by atoms with Crippen molar-refractivity contribution < 1.29 is 9.32 Å². The third-order valence-electron chi connectivity index (χ3n) is 4.26. The molecule has 1 N–H and O–H groups in total. The Labute approximate surface area is 135 Å². The number of carbonyl (C=O) groups excluding carboxylic acids is 1. The standard InChI is InChI=1S/C16H23N5O2/c1-11(2)16-18-14(23-20-16)6-7-15(22)21-10-4-3-5-13(21)12-8-9-17-19-12/h8-9,11,13H,3-7,10H2,1-2H3,(H,17,19). The second kappa shape index (κ2) is 6.93. The lowest BCUT2D eigenvalue weighted by atomic mass is 9.99. The van der Waals surface area contributed by atoms with Crippen molar-refractivity contribution >= 4 is 5.91 Å². The highest BCUT2D eigenvalue weighted by atomic mass is 16.5. The molecule has 0 aliphatic carbocycles. The molecule has 3 heterocycles. The van der Waals surface area contributed by atoms with Crippen molar-refractivity contribution in [1.82, 2.24) is 25.2 Å². The van der Waals surface area contributed by atoms with Gasteiger partial charge in [0.1, 0.15) is 0 Å². The molecule has 2 aromatic heterocycles. The van der Waals surface area contributed by atoms with Crippen LogP contribution in [0, 0.1) is 0 Å². The number of carbonyl (C=O) groups is 1. The molecule has 1 amide bonds. The molecule has 7 nitrogen and oxygen atoms in total. The Morgan fingerprint density at radius 3 is 3.04 bits per heavy atom. The number of H-pyrrole nitrogens is 1. The highest BCUT2D eigenvalue weighted by molar-refractivity contribution is 5.77. The Morgan fingerprint density at radius 2 is 2.35 bits per heavy atom. The Kier molecular flexibility index (Phi) is 4.73. The van der Waals surface area contributed by atoms with E-state index < -0.39 is 0 Å². The van der Waals surface area contributed by atoms with Crippen LogP contribution in [0.1, 0.15) is 68.9 Å². The number of aromatic nitrogens is 4. The molecular formula is C16H23N5O2. The summed E-state index contributed by atoms with van der Waals surface area (Å²) < 4.78 is 5.21. The molecule has 0 saturated carbocycles. The van der Waals surface area contributed by atoms with Crippen molar-refractivity contribution in [2.24, 2.45) is 0 Å². The first kappa shape index (κ1) is 15.7. The van der Waals surface area contributed by atoms with E-state index in [1.54, 1.807) is 6.20 Å². The van der Waals surface area contributed by atoms with Crippen LogP contribution < -0.4 is 0 Å². The van der Waals surface area contributed by atoms with Gasteiger partial charge in [-0.25, -0.2) is 0 Å². The van der Waals surface area contributed by atoms with Gasteiger partial charge in [0.05, 0.1) is 11.7 Å². The van der Waals surface area contributed by atoms with Gasteiger partial charge < -0.3 is 9.42 Å². The molecule has 1 unspecified atom stereocenters. The van der Waals surface area contributed by atoms with Gasteiger partial charge >= 0.3 is 0 Å². The smallest absolute Gasteiger partial charge is 0.227 e. The van der Waals surface area contributed by atoms with E-state index in [9.17, 15) is 4.79 Å². The minimum atomic E-state index is 0.104. The second-order valence-electron chi connectivity index (χ2n) is 6.31. The summed E-state index contributed by atoms with van der Waals surface area (Å²) in [6.45, 7) is 4.83. The van der Waals surface area contributed by atoms with E-state index in [0.29, 0.717) is 24.6 Å². The number of aryl methyl sites for hydroxylation is 1. The number of nitrogens with zero attached hydrogens (tertiary/aromatic N) is 4. The number of hydrogen-bond donors (Lipinski definition) is 1. The average molecular weight is 317 g/mol. The maximum atomic E-state index is 12.6. The summed E-state index contributed by atoms with van der Waals surface area (Å²) in [6.07, 6.45) is 5.78. The van der Waals surface area contributed by atoms with Gasteiger partial charge in [-0.1, -0.05) is 19.0 Å². The maximum Gasteiger partial charge on any atom is 0.227 e. The normalized spacial score (nSPS) is 18.6. The molecular weight excluding hydrogens is 294 g/mol. The SMILES string of the molecule is CC(C)c1noc(CCC(=O)N2CCCCC2c2ccn[nH]2)n1. The lowest BCUT2D eigenvalue weighted by molar-refractivity contribution is -0.135. The topological polar surface area (TPSA) is 87.9 Å². The monoisotopic (exact) mass is 317 g/mol. The zero-order valence-electron chi connectivity index (χ0n) is 13.7. The first-order chi connectivity index (χ1) is 11.1. The van der Waals surface area contributed by atoms with Crippen LogP contribution >= 0.6 is 0 Å². The largest absolute Gasteiger partial charge is 0.339 e. The molecule has 0 aromatic carbocycles. The number of likely N-dealkylation sites (tertiary alicyclic amines) is 1. The zero-order valence-corrected chi connectivity index (χ0v) is 13.7. The van der Waals surface area contributed by atoms with Crippen molar-refractivity contribution in [3.05, 3.63) is 29.7 Å². The minimum absolute atomic E-state index is 0.104. The molecule has 0 bridgehead atoms. The summed E-state index contributed by atoms with van der Waals surface area (Å²) >= 11 is 0. The van der Waals surface area contributed by atoms with Gasteiger partial charge in [0.25, 0.3) is 0 Å². The molecule has 1 saturated heterocycles. The average Bonchev–Trinajstić information content (AvgIpc) is 3.24. The number of hydrogen-bond acceptors (Lipinski definition) is 5. The van der Waals surface area contributed by atoms with Gasteiger partial charge in [-0.3, -0.25) is 9.89 Å². The predicted octanol–water partition coefficient (Wildman–Crippen LogP) is 2.60. The molecule has 1 aliphatic rings. The van der Waals surface area contributed by atoms with Gasteiger partial charge in [0.2, 0.25) is 11.8 Å². The fourth-order valence-electron chi connectivity index (χ4n) is 2.97. The molecule has 2 aromatic rings. The molecule has 0 radical (unpaired) electrons. The number of aromatic amines is 1. The van der Waals surface area contributed by atoms with E-state index in [-0.39, 0.29) is 17.9 Å². The summed E-state index contributed by atoms with van der Waals surface area (Å²) in [7, 11) is 0. The fraction of sp³-hybridized carbons (Fsp3) is 0.625. The van der Waals surface area contributed by atoms with Crippen molar-refractivity contribution in [2.45, 2.75) is 57.9 Å². The van der Waals surface area contributed by atoms with Gasteiger partial charge in [0, 0.05) is 31.5 Å². The van der Waals surface area contributed by atoms with E-state index in [4.69, 9.17) is 4.52 Å². The predicted molar refractivity (Wildman–Crippen MR) is 83.6 cm³/mol. The number of rotatable bonds is 5. The summed E-state index contributed by atoms with van der Waals surface area (Å²) in [4.78, 5) is 18.9. The quantitative estimate of drug-likeness (QED) is 0.915. The van der Waals surface area contributed by atoms with Crippen LogP contribution in [0.2, 0.25) is 0 Å². The molecule has 3 rings (SSSR count). The van der Waals surface area contributed by atoms with Crippen LogP contribution in [0.25, 0.3) is 0 Å². The Bertz CT molecular complexity index is 635. The number of amides is 1. The zero-order chi connectivity index (χ0) is 16.2. The summed E-state index contributed by atoms with van der Waals surface area (Å²) in [6, 6.07) is 2.05. The lowest BCUT2D eigenvalue weighted by Gasteiger charge is -2.35. The summed E-state index contributed by atoms with van der Waals surface area (Å²) in [5.41, 5.74) is 1.01. The van der Waals surface area contributed by atoms with Crippen molar-refractivity contribution in [3.63, 3.8) is 0 Å². The van der Waals surface area contributed by atoms with Gasteiger partial charge in [0.15, 0.2) is 5.82 Å². The number of nitrogens with one attached hydrogen (secondary N) is 1. The van der Waals surface area contributed by atoms with E-state index in [2.05, 4.69) is 20.3 Å². The van der Waals surface area contributed by atoms with Crippen molar-refractivity contribution in [1.29, 1.82) is 0 Å². The lowest BCUT2D eigenvalue weighted by Crippen LogP contribution is -2.38. The first-order valence-corrected chi connectivity index (χ1v) is 8.26. The molecule has 1 fully saturated rings. The van der Waals surface area contributed by atoms with E-state index in [0.717, 1.165) is 31.5 Å². The molecule has 7 heteroatoms. The Balaban J connectivity index is 1.61. The highest BCUT2D eigenvalue weighted by Crippen LogP contribution is 2.30. The van der Waals surface area contributed by atoms with Crippen LogP contribution in [-0.4, -0.2) is 37.7 Å². The third-order valence-corrected chi connectivity index (χ3v) is 4.26. The van der Waals surface area contributed by atoms with Gasteiger partial charge in [-0.2, -0.15) is 10.1 Å². The Morgan fingerprint density at radius 1 is 1.48 bits per heavy atom.